The standard InChI is InChI=1S/C11H17N3O2S/c12-10-4-6-11(7-5-10)17(15,16)13-14-8-2-1-3-9-14/h4-7,13H,1-3,8-9,12H2. The van der Waals surface area contributed by atoms with Crippen LogP contribution in [-0.4, -0.2) is 26.5 Å². The molecule has 94 valence electrons. The van der Waals surface area contributed by atoms with E-state index >= 15 is 0 Å². The number of nitrogens with two attached hydrogens (primary N) is 1. The molecule has 0 amide bonds. The first kappa shape index (κ1) is 12.3. The topological polar surface area (TPSA) is 75.4 Å². The summed E-state index contributed by atoms with van der Waals surface area (Å²) in [5.41, 5.74) is 6.09. The summed E-state index contributed by atoms with van der Waals surface area (Å²) in [7, 11) is -3.46. The third-order valence-corrected chi connectivity index (χ3v) is 4.19. The molecule has 1 fully saturated rings. The predicted molar refractivity (Wildman–Crippen MR) is 66.6 cm³/mol. The first-order valence-corrected chi connectivity index (χ1v) is 7.19. The maximum Gasteiger partial charge on any atom is 0.253 e. The zero-order valence-electron chi connectivity index (χ0n) is 9.59. The van der Waals surface area contributed by atoms with Crippen LogP contribution in [-0.2, 0) is 10.0 Å². The van der Waals surface area contributed by atoms with Gasteiger partial charge in [0, 0.05) is 18.8 Å². The Hall–Kier alpha value is -1.11. The van der Waals surface area contributed by atoms with Crippen molar-refractivity contribution in [3.05, 3.63) is 24.3 Å². The Morgan fingerprint density at radius 1 is 1.06 bits per heavy atom. The summed E-state index contributed by atoms with van der Waals surface area (Å²) in [5, 5.41) is 1.76. The van der Waals surface area contributed by atoms with Gasteiger partial charge < -0.3 is 5.73 Å². The highest BCUT2D eigenvalue weighted by Crippen LogP contribution is 2.13. The van der Waals surface area contributed by atoms with Crippen LogP contribution >= 0.6 is 0 Å². The van der Waals surface area contributed by atoms with E-state index < -0.39 is 10.0 Å². The monoisotopic (exact) mass is 255 g/mol. The molecule has 1 aromatic rings. The molecular formula is C11H17N3O2S. The Morgan fingerprint density at radius 2 is 1.65 bits per heavy atom. The fourth-order valence-corrected chi connectivity index (χ4v) is 2.98. The van der Waals surface area contributed by atoms with E-state index in [9.17, 15) is 8.42 Å². The number of hydrogen-bond donors (Lipinski definition) is 2. The number of benzene rings is 1. The van der Waals surface area contributed by atoms with Crippen LogP contribution in [0.4, 0.5) is 5.69 Å². The largest absolute Gasteiger partial charge is 0.399 e. The summed E-state index contributed by atoms with van der Waals surface area (Å²) in [4.78, 5) is 2.84. The lowest BCUT2D eigenvalue weighted by Gasteiger charge is -2.26. The quantitative estimate of drug-likeness (QED) is 0.788. The molecular weight excluding hydrogens is 238 g/mol. The van der Waals surface area contributed by atoms with Crippen molar-refractivity contribution in [3.8, 4) is 0 Å². The molecule has 1 aliphatic heterocycles. The van der Waals surface area contributed by atoms with Crippen LogP contribution in [0.5, 0.6) is 0 Å². The van der Waals surface area contributed by atoms with Crippen molar-refractivity contribution in [1.82, 2.24) is 9.84 Å². The highest BCUT2D eigenvalue weighted by molar-refractivity contribution is 7.89. The normalized spacial score (nSPS) is 18.1. The van der Waals surface area contributed by atoms with E-state index in [0.29, 0.717) is 5.69 Å². The third kappa shape index (κ3) is 3.18. The highest BCUT2D eigenvalue weighted by atomic mass is 32.2. The van der Waals surface area contributed by atoms with E-state index in [0.717, 1.165) is 25.9 Å². The smallest absolute Gasteiger partial charge is 0.253 e. The minimum Gasteiger partial charge on any atom is -0.399 e. The SMILES string of the molecule is Nc1ccc(S(=O)(=O)NN2CCCCC2)cc1. The molecule has 17 heavy (non-hydrogen) atoms. The first-order valence-electron chi connectivity index (χ1n) is 5.71. The average molecular weight is 255 g/mol. The number of sulfonamides is 1. The minimum absolute atomic E-state index is 0.247. The summed E-state index contributed by atoms with van der Waals surface area (Å²) in [6.45, 7) is 1.54. The number of anilines is 1. The Morgan fingerprint density at radius 3 is 2.24 bits per heavy atom. The fourth-order valence-electron chi connectivity index (χ4n) is 1.85. The van der Waals surface area contributed by atoms with Crippen LogP contribution in [0, 0.1) is 0 Å². The molecule has 5 nitrogen and oxygen atoms in total. The molecule has 1 aliphatic rings. The van der Waals surface area contributed by atoms with E-state index in [1.807, 2.05) is 0 Å². The van der Waals surface area contributed by atoms with Gasteiger partial charge in [0.15, 0.2) is 0 Å². The number of piperidine rings is 1. The molecule has 1 aromatic carbocycles. The molecule has 0 aromatic heterocycles. The Kier molecular flexibility index (Phi) is 3.66. The molecule has 0 bridgehead atoms. The molecule has 3 N–H and O–H groups in total. The summed E-state index contributed by atoms with van der Waals surface area (Å²) in [5.74, 6) is 0. The van der Waals surface area contributed by atoms with Crippen molar-refractivity contribution in [2.45, 2.75) is 24.2 Å². The second-order valence-corrected chi connectivity index (χ2v) is 5.87. The molecule has 0 aliphatic carbocycles. The Labute approximate surface area is 102 Å². The molecule has 6 heteroatoms. The zero-order chi connectivity index (χ0) is 12.3. The Bertz CT molecular complexity index is 464. The number of nitrogens with one attached hydrogen (secondary N) is 1. The number of hydrazine groups is 1. The maximum atomic E-state index is 12.0. The number of nitrogens with zero attached hydrogens (tertiary/aromatic N) is 1. The van der Waals surface area contributed by atoms with Gasteiger partial charge in [-0.3, -0.25) is 0 Å². The van der Waals surface area contributed by atoms with Crippen LogP contribution in [0.25, 0.3) is 0 Å². The van der Waals surface area contributed by atoms with Gasteiger partial charge in [-0.2, -0.15) is 0 Å². The van der Waals surface area contributed by atoms with Crippen molar-refractivity contribution >= 4 is 15.7 Å². The van der Waals surface area contributed by atoms with E-state index in [1.54, 1.807) is 17.1 Å². The number of rotatable bonds is 3. The molecule has 0 saturated carbocycles. The average Bonchev–Trinajstić information content (AvgIpc) is 2.30. The molecule has 0 atom stereocenters. The van der Waals surface area contributed by atoms with Gasteiger partial charge >= 0.3 is 0 Å². The zero-order valence-corrected chi connectivity index (χ0v) is 10.4. The summed E-state index contributed by atoms with van der Waals surface area (Å²) in [6, 6.07) is 6.21. The van der Waals surface area contributed by atoms with E-state index in [1.165, 1.54) is 18.6 Å². The van der Waals surface area contributed by atoms with Crippen molar-refractivity contribution in [2.75, 3.05) is 18.8 Å². The van der Waals surface area contributed by atoms with E-state index in [-0.39, 0.29) is 4.90 Å². The lowest BCUT2D eigenvalue weighted by molar-refractivity contribution is 0.200. The van der Waals surface area contributed by atoms with Crippen molar-refractivity contribution in [2.24, 2.45) is 0 Å². The number of hydrogen-bond acceptors (Lipinski definition) is 4. The molecule has 1 saturated heterocycles. The maximum absolute atomic E-state index is 12.0. The molecule has 0 unspecified atom stereocenters. The van der Waals surface area contributed by atoms with Crippen LogP contribution in [0.2, 0.25) is 0 Å². The van der Waals surface area contributed by atoms with Crippen molar-refractivity contribution in [1.29, 1.82) is 0 Å². The Balaban J connectivity index is 2.10. The molecule has 0 spiro atoms. The summed E-state index contributed by atoms with van der Waals surface area (Å²) in [6.07, 6.45) is 3.23. The van der Waals surface area contributed by atoms with Gasteiger partial charge in [0.2, 0.25) is 0 Å². The highest BCUT2D eigenvalue weighted by Gasteiger charge is 2.19. The molecule has 2 rings (SSSR count). The summed E-state index contributed by atoms with van der Waals surface area (Å²) < 4.78 is 24.0. The van der Waals surface area contributed by atoms with Crippen LogP contribution < -0.4 is 10.6 Å². The van der Waals surface area contributed by atoms with Crippen LogP contribution in [0.1, 0.15) is 19.3 Å². The van der Waals surface area contributed by atoms with Gasteiger partial charge in [-0.1, -0.05) is 6.42 Å². The van der Waals surface area contributed by atoms with Crippen molar-refractivity contribution in [3.63, 3.8) is 0 Å². The van der Waals surface area contributed by atoms with Crippen LogP contribution in [0.15, 0.2) is 29.2 Å². The lowest BCUT2D eigenvalue weighted by Crippen LogP contribution is -2.44. The fraction of sp³-hybridized carbons (Fsp3) is 0.455. The first-order chi connectivity index (χ1) is 8.08. The molecule has 0 radical (unpaired) electrons. The number of nitrogen functional groups attached to an aromatic ring is 1. The van der Waals surface area contributed by atoms with Crippen LogP contribution in [0.3, 0.4) is 0 Å². The third-order valence-electron chi connectivity index (χ3n) is 2.80. The van der Waals surface area contributed by atoms with Gasteiger partial charge in [0.05, 0.1) is 4.90 Å². The second kappa shape index (κ2) is 5.03. The van der Waals surface area contributed by atoms with E-state index in [4.69, 9.17) is 5.73 Å². The van der Waals surface area contributed by atoms with Gasteiger partial charge in [-0.25, -0.2) is 13.4 Å². The van der Waals surface area contributed by atoms with E-state index in [2.05, 4.69) is 4.83 Å². The van der Waals surface area contributed by atoms with Gasteiger partial charge in [0.1, 0.15) is 0 Å². The van der Waals surface area contributed by atoms with Gasteiger partial charge in [-0.15, -0.1) is 4.83 Å². The van der Waals surface area contributed by atoms with Gasteiger partial charge in [-0.05, 0) is 37.1 Å². The van der Waals surface area contributed by atoms with Gasteiger partial charge in [0.25, 0.3) is 10.0 Å². The second-order valence-electron chi connectivity index (χ2n) is 4.21. The molecule has 1 heterocycles. The van der Waals surface area contributed by atoms with Crippen molar-refractivity contribution < 1.29 is 8.42 Å². The lowest BCUT2D eigenvalue weighted by atomic mass is 10.2. The summed E-state index contributed by atoms with van der Waals surface area (Å²) >= 11 is 0. The predicted octanol–water partition coefficient (Wildman–Crippen LogP) is 0.948. The minimum atomic E-state index is -3.46.